The molecule has 1 saturated carbocycles. The topological polar surface area (TPSA) is 66.9 Å². The minimum atomic E-state index is -0.740. The van der Waals surface area contributed by atoms with E-state index in [0.29, 0.717) is 23.9 Å². The Morgan fingerprint density at radius 2 is 1.92 bits per heavy atom. The van der Waals surface area contributed by atoms with Crippen molar-refractivity contribution in [1.29, 1.82) is 0 Å². The zero-order valence-electron chi connectivity index (χ0n) is 14.4. The number of ether oxygens (including phenoxy) is 1. The van der Waals surface area contributed by atoms with Gasteiger partial charge in [-0.3, -0.25) is 14.4 Å². The van der Waals surface area contributed by atoms with Gasteiger partial charge in [0.2, 0.25) is 11.8 Å². The van der Waals surface area contributed by atoms with E-state index in [9.17, 15) is 14.4 Å². The van der Waals surface area contributed by atoms with E-state index in [-0.39, 0.29) is 36.2 Å². The average Bonchev–Trinajstić information content (AvgIpc) is 3.27. The molecule has 3 amide bonds. The summed E-state index contributed by atoms with van der Waals surface area (Å²) in [6, 6.07) is 5.84. The van der Waals surface area contributed by atoms with Crippen molar-refractivity contribution in [2.75, 3.05) is 18.1 Å². The summed E-state index contributed by atoms with van der Waals surface area (Å²) in [6.45, 7) is 1.07. The van der Waals surface area contributed by atoms with Crippen LogP contribution in [0.1, 0.15) is 32.1 Å². The molecule has 138 valence electrons. The van der Waals surface area contributed by atoms with E-state index in [4.69, 9.17) is 16.3 Å². The van der Waals surface area contributed by atoms with E-state index in [1.807, 2.05) is 0 Å². The molecule has 3 fully saturated rings. The molecular formula is C19H21ClN2O4. The number of halogens is 1. The fourth-order valence-corrected chi connectivity index (χ4v) is 3.79. The van der Waals surface area contributed by atoms with E-state index < -0.39 is 6.04 Å². The zero-order valence-corrected chi connectivity index (χ0v) is 15.2. The molecule has 2 saturated heterocycles. The van der Waals surface area contributed by atoms with Crippen LogP contribution in [0.15, 0.2) is 24.3 Å². The monoisotopic (exact) mass is 376 g/mol. The minimum absolute atomic E-state index is 0.0103. The maximum Gasteiger partial charge on any atom is 0.257 e. The van der Waals surface area contributed by atoms with Gasteiger partial charge in [0, 0.05) is 24.1 Å². The molecule has 0 radical (unpaired) electrons. The number of anilines is 1. The number of amides is 3. The van der Waals surface area contributed by atoms with Gasteiger partial charge < -0.3 is 9.64 Å². The predicted octanol–water partition coefficient (Wildman–Crippen LogP) is 2.39. The first-order chi connectivity index (χ1) is 12.5. The standard InChI is InChI=1S/C19H21ClN2O4/c20-13-5-7-14(8-6-13)22-17(23)10-16(19(22)25)21(18(24)12-3-4-12)11-15-2-1-9-26-15/h5-8,12,15-16H,1-4,9-11H2. The van der Waals surface area contributed by atoms with Crippen LogP contribution < -0.4 is 4.90 Å². The van der Waals surface area contributed by atoms with Gasteiger partial charge >= 0.3 is 0 Å². The van der Waals surface area contributed by atoms with Gasteiger partial charge in [0.25, 0.3) is 5.91 Å². The van der Waals surface area contributed by atoms with Crippen molar-refractivity contribution < 1.29 is 19.1 Å². The molecular weight excluding hydrogens is 356 g/mol. The second-order valence-electron chi connectivity index (χ2n) is 7.16. The van der Waals surface area contributed by atoms with Crippen molar-refractivity contribution in [3.05, 3.63) is 29.3 Å². The van der Waals surface area contributed by atoms with Gasteiger partial charge in [-0.2, -0.15) is 0 Å². The van der Waals surface area contributed by atoms with Crippen LogP contribution >= 0.6 is 11.6 Å². The summed E-state index contributed by atoms with van der Waals surface area (Å²) in [4.78, 5) is 41.1. The van der Waals surface area contributed by atoms with Gasteiger partial charge in [0.15, 0.2) is 0 Å². The van der Waals surface area contributed by atoms with Crippen molar-refractivity contribution >= 4 is 35.0 Å². The molecule has 1 aliphatic carbocycles. The van der Waals surface area contributed by atoms with Gasteiger partial charge in [0.05, 0.1) is 18.2 Å². The minimum Gasteiger partial charge on any atom is -0.376 e. The van der Waals surface area contributed by atoms with Gasteiger partial charge in [-0.15, -0.1) is 0 Å². The maximum atomic E-state index is 13.0. The molecule has 2 heterocycles. The second kappa shape index (κ2) is 7.00. The van der Waals surface area contributed by atoms with Crippen LogP contribution in [0.2, 0.25) is 5.02 Å². The summed E-state index contributed by atoms with van der Waals surface area (Å²) in [7, 11) is 0. The molecule has 1 aromatic carbocycles. The molecule has 4 rings (SSSR count). The lowest BCUT2D eigenvalue weighted by atomic mass is 10.1. The SMILES string of the molecule is O=C1CC(N(CC2CCCO2)C(=O)C2CC2)C(=O)N1c1ccc(Cl)cc1. The Bertz CT molecular complexity index is 726. The number of hydrogen-bond donors (Lipinski definition) is 0. The number of benzene rings is 1. The van der Waals surface area contributed by atoms with E-state index >= 15 is 0 Å². The number of carbonyl (C=O) groups is 3. The van der Waals surface area contributed by atoms with E-state index in [1.165, 1.54) is 4.90 Å². The van der Waals surface area contributed by atoms with Gasteiger partial charge in [0.1, 0.15) is 6.04 Å². The summed E-state index contributed by atoms with van der Waals surface area (Å²) in [5.74, 6) is -0.666. The fourth-order valence-electron chi connectivity index (χ4n) is 3.66. The van der Waals surface area contributed by atoms with Crippen molar-refractivity contribution in [2.24, 2.45) is 5.92 Å². The Morgan fingerprint density at radius 3 is 2.54 bits per heavy atom. The Morgan fingerprint density at radius 1 is 1.19 bits per heavy atom. The molecule has 0 bridgehead atoms. The van der Waals surface area contributed by atoms with Gasteiger partial charge in [-0.25, -0.2) is 4.90 Å². The second-order valence-corrected chi connectivity index (χ2v) is 7.60. The molecule has 0 spiro atoms. The normalized spacial score (nSPS) is 25.8. The molecule has 2 aliphatic heterocycles. The van der Waals surface area contributed by atoms with E-state index in [2.05, 4.69) is 0 Å². The van der Waals surface area contributed by atoms with E-state index in [0.717, 1.165) is 25.7 Å². The molecule has 0 aromatic heterocycles. The molecule has 2 atom stereocenters. The lowest BCUT2D eigenvalue weighted by molar-refractivity contribution is -0.141. The highest BCUT2D eigenvalue weighted by Crippen LogP contribution is 2.35. The third kappa shape index (κ3) is 3.35. The van der Waals surface area contributed by atoms with Crippen LogP contribution in [-0.4, -0.2) is 47.9 Å². The molecule has 2 unspecified atom stereocenters. The number of rotatable bonds is 5. The Hall–Kier alpha value is -1.92. The lowest BCUT2D eigenvalue weighted by Crippen LogP contribution is -2.49. The van der Waals surface area contributed by atoms with Gasteiger partial charge in [-0.1, -0.05) is 11.6 Å². The van der Waals surface area contributed by atoms with Crippen LogP contribution in [-0.2, 0) is 19.1 Å². The van der Waals surface area contributed by atoms with Crippen LogP contribution in [0.5, 0.6) is 0 Å². The van der Waals surface area contributed by atoms with Crippen molar-refractivity contribution in [3.8, 4) is 0 Å². The zero-order chi connectivity index (χ0) is 18.3. The number of carbonyl (C=O) groups excluding carboxylic acids is 3. The predicted molar refractivity (Wildman–Crippen MR) is 95.8 cm³/mol. The summed E-state index contributed by atoms with van der Waals surface area (Å²) in [5.41, 5.74) is 0.489. The van der Waals surface area contributed by atoms with Crippen molar-refractivity contribution in [1.82, 2.24) is 4.90 Å². The van der Waals surface area contributed by atoms with Crippen LogP contribution in [0.4, 0.5) is 5.69 Å². The largest absolute Gasteiger partial charge is 0.376 e. The van der Waals surface area contributed by atoms with Crippen molar-refractivity contribution in [3.63, 3.8) is 0 Å². The Kier molecular flexibility index (Phi) is 4.71. The first kappa shape index (κ1) is 17.5. The molecule has 0 N–H and O–H groups in total. The van der Waals surface area contributed by atoms with Crippen LogP contribution in [0.3, 0.4) is 0 Å². The number of hydrogen-bond acceptors (Lipinski definition) is 4. The summed E-state index contributed by atoms with van der Waals surface area (Å²) in [6.07, 6.45) is 3.53. The smallest absolute Gasteiger partial charge is 0.257 e. The highest BCUT2D eigenvalue weighted by atomic mass is 35.5. The van der Waals surface area contributed by atoms with Gasteiger partial charge in [-0.05, 0) is 49.9 Å². The number of imide groups is 1. The third-order valence-corrected chi connectivity index (χ3v) is 5.47. The van der Waals surface area contributed by atoms with Crippen LogP contribution in [0, 0.1) is 5.92 Å². The highest BCUT2D eigenvalue weighted by molar-refractivity contribution is 6.30. The summed E-state index contributed by atoms with van der Waals surface area (Å²) in [5, 5.41) is 0.535. The molecule has 6 nitrogen and oxygen atoms in total. The lowest BCUT2D eigenvalue weighted by Gasteiger charge is -2.30. The first-order valence-electron chi connectivity index (χ1n) is 9.09. The molecule has 1 aromatic rings. The Balaban J connectivity index is 1.57. The van der Waals surface area contributed by atoms with E-state index in [1.54, 1.807) is 29.2 Å². The highest BCUT2D eigenvalue weighted by Gasteiger charge is 2.47. The quantitative estimate of drug-likeness (QED) is 0.740. The third-order valence-electron chi connectivity index (χ3n) is 5.22. The van der Waals surface area contributed by atoms with Crippen molar-refractivity contribution in [2.45, 2.75) is 44.2 Å². The average molecular weight is 377 g/mol. The summed E-state index contributed by atoms with van der Waals surface area (Å²) < 4.78 is 5.66. The first-order valence-corrected chi connectivity index (χ1v) is 9.47. The molecule has 7 heteroatoms. The molecule has 26 heavy (non-hydrogen) atoms. The number of nitrogens with zero attached hydrogens (tertiary/aromatic N) is 2. The fraction of sp³-hybridized carbons (Fsp3) is 0.526. The molecule has 3 aliphatic rings. The van der Waals surface area contributed by atoms with Crippen LogP contribution in [0.25, 0.3) is 0 Å². The Labute approximate surface area is 157 Å². The summed E-state index contributed by atoms with van der Waals surface area (Å²) >= 11 is 5.89. The maximum absolute atomic E-state index is 13.0.